The summed E-state index contributed by atoms with van der Waals surface area (Å²) in [7, 11) is 0. The largest absolute Gasteiger partial charge is 0.365 e. The molecule has 1 aromatic carbocycles. The lowest BCUT2D eigenvalue weighted by atomic mass is 10.1. The van der Waals surface area contributed by atoms with Crippen LogP contribution < -0.4 is 5.32 Å². The lowest BCUT2D eigenvalue weighted by molar-refractivity contribution is -0.383. The van der Waals surface area contributed by atoms with Gasteiger partial charge in [-0.15, -0.1) is 0 Å². The van der Waals surface area contributed by atoms with Crippen molar-refractivity contribution in [1.29, 1.82) is 0 Å². The summed E-state index contributed by atoms with van der Waals surface area (Å²) >= 11 is 0. The van der Waals surface area contributed by atoms with Gasteiger partial charge >= 0.3 is 5.69 Å². The Morgan fingerprint density at radius 2 is 2.15 bits per heavy atom. The van der Waals surface area contributed by atoms with Crippen molar-refractivity contribution < 1.29 is 9.31 Å². The number of hydrogen-bond donors (Lipinski definition) is 1. The van der Waals surface area contributed by atoms with Crippen LogP contribution in [0.4, 0.5) is 15.9 Å². The van der Waals surface area contributed by atoms with Crippen molar-refractivity contribution in [2.24, 2.45) is 0 Å². The predicted octanol–water partition coefficient (Wildman–Crippen LogP) is 2.93. The van der Waals surface area contributed by atoms with Crippen LogP contribution in [-0.4, -0.2) is 21.4 Å². The molecule has 1 aromatic heterocycles. The Bertz CT molecular complexity index is 661. The Morgan fingerprint density at radius 3 is 2.80 bits per heavy atom. The van der Waals surface area contributed by atoms with Crippen molar-refractivity contribution >= 4 is 11.5 Å². The van der Waals surface area contributed by atoms with E-state index in [4.69, 9.17) is 0 Å². The highest BCUT2D eigenvalue weighted by Crippen LogP contribution is 2.34. The van der Waals surface area contributed by atoms with E-state index in [-0.39, 0.29) is 22.8 Å². The number of aromatic nitrogens is 2. The number of halogens is 1. The van der Waals surface area contributed by atoms with E-state index in [2.05, 4.69) is 15.3 Å². The number of anilines is 1. The Kier molecular flexibility index (Phi) is 3.88. The molecule has 20 heavy (non-hydrogen) atoms. The number of aryl methyl sites for hydroxylation is 1. The van der Waals surface area contributed by atoms with Crippen molar-refractivity contribution in [3.05, 3.63) is 46.0 Å². The predicted molar refractivity (Wildman–Crippen MR) is 73.0 cm³/mol. The highest BCUT2D eigenvalue weighted by Gasteiger charge is 2.25. The van der Waals surface area contributed by atoms with Gasteiger partial charge in [0.05, 0.1) is 4.92 Å². The van der Waals surface area contributed by atoms with Crippen LogP contribution in [0.25, 0.3) is 11.3 Å². The smallest absolute Gasteiger partial charge is 0.337 e. The van der Waals surface area contributed by atoms with Gasteiger partial charge < -0.3 is 5.32 Å². The van der Waals surface area contributed by atoms with E-state index in [1.54, 1.807) is 19.9 Å². The molecule has 0 fully saturated rings. The van der Waals surface area contributed by atoms with Crippen LogP contribution in [0.1, 0.15) is 12.5 Å². The zero-order valence-corrected chi connectivity index (χ0v) is 11.1. The minimum absolute atomic E-state index is 0.0258. The quantitative estimate of drug-likeness (QED) is 0.686. The van der Waals surface area contributed by atoms with Crippen LogP contribution in [0.2, 0.25) is 0 Å². The molecule has 0 unspecified atom stereocenters. The van der Waals surface area contributed by atoms with Gasteiger partial charge in [0.25, 0.3) is 0 Å². The molecule has 2 aromatic rings. The first-order valence-electron chi connectivity index (χ1n) is 6.04. The average Bonchev–Trinajstić information content (AvgIpc) is 2.41. The molecule has 1 heterocycles. The second-order valence-electron chi connectivity index (χ2n) is 4.19. The fraction of sp³-hybridized carbons (Fsp3) is 0.231. The number of nitrogens with one attached hydrogen (secondary N) is 1. The fourth-order valence-electron chi connectivity index (χ4n) is 1.87. The third-order valence-electron chi connectivity index (χ3n) is 2.73. The van der Waals surface area contributed by atoms with Crippen molar-refractivity contribution in [3.8, 4) is 11.3 Å². The Hall–Kier alpha value is -2.57. The lowest BCUT2D eigenvalue weighted by Gasteiger charge is -2.08. The minimum atomic E-state index is -0.602. The zero-order chi connectivity index (χ0) is 14.7. The number of nitrogens with zero attached hydrogens (tertiary/aromatic N) is 3. The molecular weight excluding hydrogens is 263 g/mol. The number of benzene rings is 1. The Morgan fingerprint density at radius 1 is 1.40 bits per heavy atom. The first-order chi connectivity index (χ1) is 9.54. The highest BCUT2D eigenvalue weighted by atomic mass is 19.1. The molecule has 0 aliphatic heterocycles. The van der Waals surface area contributed by atoms with Crippen LogP contribution in [0.3, 0.4) is 0 Å². The van der Waals surface area contributed by atoms with E-state index in [1.165, 1.54) is 18.5 Å². The van der Waals surface area contributed by atoms with Crippen LogP contribution in [0.15, 0.2) is 24.5 Å². The third kappa shape index (κ3) is 2.56. The number of hydrogen-bond acceptors (Lipinski definition) is 5. The maximum atomic E-state index is 13.9. The second kappa shape index (κ2) is 5.60. The summed E-state index contributed by atoms with van der Waals surface area (Å²) in [6.07, 6.45) is 1.18. The van der Waals surface area contributed by atoms with Gasteiger partial charge in [-0.1, -0.05) is 11.6 Å². The van der Waals surface area contributed by atoms with Gasteiger partial charge in [-0.2, -0.15) is 0 Å². The monoisotopic (exact) mass is 276 g/mol. The van der Waals surface area contributed by atoms with E-state index in [1.807, 2.05) is 0 Å². The summed E-state index contributed by atoms with van der Waals surface area (Å²) in [5.74, 6) is -0.469. The molecule has 0 amide bonds. The molecule has 0 aliphatic rings. The Labute approximate surface area is 114 Å². The van der Waals surface area contributed by atoms with E-state index >= 15 is 0 Å². The van der Waals surface area contributed by atoms with Crippen LogP contribution in [0, 0.1) is 22.9 Å². The van der Waals surface area contributed by atoms with Crippen LogP contribution in [-0.2, 0) is 0 Å². The SMILES string of the molecule is CCNc1ncnc(-c2cc(C)ccc2F)c1[N+](=O)[O-]. The molecule has 0 spiro atoms. The molecule has 0 aliphatic carbocycles. The first-order valence-corrected chi connectivity index (χ1v) is 6.04. The molecule has 0 atom stereocenters. The van der Waals surface area contributed by atoms with Gasteiger partial charge in [-0.25, -0.2) is 14.4 Å². The summed E-state index contributed by atoms with van der Waals surface area (Å²) in [6.45, 7) is 4.04. The standard InChI is InChI=1S/C13H13FN4O2/c1-3-15-13-12(18(19)20)11(16-7-17-13)9-6-8(2)4-5-10(9)14/h4-7H,3H2,1-2H3,(H,15,16,17). The van der Waals surface area contributed by atoms with E-state index < -0.39 is 10.7 Å². The van der Waals surface area contributed by atoms with Crippen LogP contribution in [0.5, 0.6) is 0 Å². The van der Waals surface area contributed by atoms with Gasteiger partial charge in [0.15, 0.2) is 5.69 Å². The number of nitro groups is 1. The second-order valence-corrected chi connectivity index (χ2v) is 4.19. The number of rotatable bonds is 4. The molecular formula is C13H13FN4O2. The third-order valence-corrected chi connectivity index (χ3v) is 2.73. The fourth-order valence-corrected chi connectivity index (χ4v) is 1.87. The Balaban J connectivity index is 2.70. The summed E-state index contributed by atoms with van der Waals surface area (Å²) in [4.78, 5) is 18.4. The maximum Gasteiger partial charge on any atom is 0.337 e. The molecule has 0 saturated heterocycles. The zero-order valence-electron chi connectivity index (χ0n) is 11.1. The van der Waals surface area contributed by atoms with Crippen molar-refractivity contribution in [3.63, 3.8) is 0 Å². The van der Waals surface area contributed by atoms with Gasteiger partial charge in [-0.3, -0.25) is 10.1 Å². The molecule has 1 N–H and O–H groups in total. The molecule has 0 saturated carbocycles. The van der Waals surface area contributed by atoms with Crippen molar-refractivity contribution in [2.45, 2.75) is 13.8 Å². The average molecular weight is 276 g/mol. The normalized spacial score (nSPS) is 10.3. The molecule has 0 radical (unpaired) electrons. The van der Waals surface area contributed by atoms with E-state index in [0.29, 0.717) is 6.54 Å². The highest BCUT2D eigenvalue weighted by molar-refractivity contribution is 5.77. The summed E-state index contributed by atoms with van der Waals surface area (Å²) in [6, 6.07) is 4.39. The van der Waals surface area contributed by atoms with Gasteiger partial charge in [0.1, 0.15) is 12.1 Å². The summed E-state index contributed by atoms with van der Waals surface area (Å²) in [5.41, 5.74) is 0.540. The van der Waals surface area contributed by atoms with Crippen LogP contribution >= 0.6 is 0 Å². The maximum absolute atomic E-state index is 13.9. The van der Waals surface area contributed by atoms with Crippen molar-refractivity contribution in [2.75, 3.05) is 11.9 Å². The van der Waals surface area contributed by atoms with E-state index in [0.717, 1.165) is 5.56 Å². The molecule has 0 bridgehead atoms. The summed E-state index contributed by atoms with van der Waals surface area (Å²) < 4.78 is 13.9. The van der Waals surface area contributed by atoms with Crippen molar-refractivity contribution in [1.82, 2.24) is 9.97 Å². The summed E-state index contributed by atoms with van der Waals surface area (Å²) in [5, 5.41) is 14.0. The molecule has 6 nitrogen and oxygen atoms in total. The molecule has 2 rings (SSSR count). The molecule has 7 heteroatoms. The molecule has 104 valence electrons. The van der Waals surface area contributed by atoms with Gasteiger partial charge in [0, 0.05) is 12.1 Å². The lowest BCUT2D eigenvalue weighted by Crippen LogP contribution is -2.06. The topological polar surface area (TPSA) is 81.0 Å². The minimum Gasteiger partial charge on any atom is -0.365 e. The van der Waals surface area contributed by atoms with Gasteiger partial charge in [-0.05, 0) is 26.0 Å². The first kappa shape index (κ1) is 13.9. The van der Waals surface area contributed by atoms with Gasteiger partial charge in [0.2, 0.25) is 5.82 Å². The van der Waals surface area contributed by atoms with E-state index in [9.17, 15) is 14.5 Å².